The maximum atomic E-state index is 6.37. The van der Waals surface area contributed by atoms with E-state index < -0.39 is 0 Å². The third-order valence-corrected chi connectivity index (χ3v) is 7.69. The van der Waals surface area contributed by atoms with Crippen LogP contribution in [0.4, 0.5) is 0 Å². The number of likely N-dealkylation sites (tertiary alicyclic amines) is 1. The van der Waals surface area contributed by atoms with Crippen molar-refractivity contribution < 1.29 is 9.47 Å². The molecule has 3 unspecified atom stereocenters. The highest BCUT2D eigenvalue weighted by Crippen LogP contribution is 2.49. The lowest BCUT2D eigenvalue weighted by atomic mass is 9.69. The van der Waals surface area contributed by atoms with Gasteiger partial charge < -0.3 is 14.0 Å². The summed E-state index contributed by atoms with van der Waals surface area (Å²) in [6.07, 6.45) is 4.27. The third kappa shape index (κ3) is 2.71. The van der Waals surface area contributed by atoms with Gasteiger partial charge in [0, 0.05) is 49.8 Å². The Morgan fingerprint density at radius 2 is 2.11 bits per heavy atom. The number of aryl methyl sites for hydroxylation is 1. The summed E-state index contributed by atoms with van der Waals surface area (Å²) in [7, 11) is 6.23. The molecule has 28 heavy (non-hydrogen) atoms. The van der Waals surface area contributed by atoms with Crippen LogP contribution in [0.25, 0.3) is 10.9 Å². The molecule has 1 fully saturated rings. The van der Waals surface area contributed by atoms with Crippen molar-refractivity contribution in [1.82, 2.24) is 9.47 Å². The lowest BCUT2D eigenvalue weighted by molar-refractivity contribution is -0.129. The molecule has 1 aromatic carbocycles. The van der Waals surface area contributed by atoms with E-state index >= 15 is 0 Å². The number of hydrogen-bond donors (Lipinski definition) is 0. The van der Waals surface area contributed by atoms with E-state index in [-0.39, 0.29) is 5.60 Å². The topological polar surface area (TPSA) is 26.6 Å². The van der Waals surface area contributed by atoms with Crippen LogP contribution in [0, 0.1) is 5.92 Å². The van der Waals surface area contributed by atoms with Crippen LogP contribution in [0.5, 0.6) is 5.06 Å². The summed E-state index contributed by atoms with van der Waals surface area (Å²) in [4.78, 5) is 2.47. The number of halogens is 1. The van der Waals surface area contributed by atoms with Crippen molar-refractivity contribution in [2.24, 2.45) is 13.0 Å². The molecule has 0 N–H and O–H groups in total. The summed E-state index contributed by atoms with van der Waals surface area (Å²) in [6.45, 7) is 1.68. The number of hydrogen-bond acceptors (Lipinski definition) is 4. The molecular weight excluding hydrogens is 392 g/mol. The monoisotopic (exact) mass is 416 g/mol. The summed E-state index contributed by atoms with van der Waals surface area (Å²) in [5, 5.41) is 2.26. The third-order valence-electron chi connectivity index (χ3n) is 6.54. The molecule has 3 heterocycles. The molecule has 2 aromatic heterocycles. The molecule has 0 spiro atoms. The van der Waals surface area contributed by atoms with Gasteiger partial charge in [-0.2, -0.15) is 0 Å². The van der Waals surface area contributed by atoms with Gasteiger partial charge in [0.05, 0.1) is 10.9 Å². The average Bonchev–Trinajstić information content (AvgIpc) is 3.25. The summed E-state index contributed by atoms with van der Waals surface area (Å²) >= 11 is 7.53. The van der Waals surface area contributed by atoms with Crippen LogP contribution >= 0.6 is 22.9 Å². The highest BCUT2D eigenvalue weighted by atomic mass is 35.5. The van der Waals surface area contributed by atoms with Crippen molar-refractivity contribution in [3.8, 4) is 5.06 Å². The second-order valence-corrected chi connectivity index (χ2v) is 9.84. The maximum Gasteiger partial charge on any atom is 0.175 e. The fourth-order valence-electron chi connectivity index (χ4n) is 5.40. The Hall–Kier alpha value is -1.53. The summed E-state index contributed by atoms with van der Waals surface area (Å²) < 4.78 is 15.5. The summed E-state index contributed by atoms with van der Waals surface area (Å²) in [6, 6.07) is 10.8. The molecule has 0 bridgehead atoms. The van der Waals surface area contributed by atoms with Gasteiger partial charge >= 0.3 is 0 Å². The Morgan fingerprint density at radius 3 is 2.86 bits per heavy atom. The van der Waals surface area contributed by atoms with Crippen LogP contribution in [0.15, 0.2) is 36.5 Å². The number of ether oxygens (including phenoxy) is 2. The average molecular weight is 417 g/mol. The lowest BCUT2D eigenvalue weighted by Gasteiger charge is -2.53. The van der Waals surface area contributed by atoms with E-state index in [4.69, 9.17) is 21.1 Å². The zero-order chi connectivity index (χ0) is 19.5. The smallest absolute Gasteiger partial charge is 0.175 e. The van der Waals surface area contributed by atoms with Crippen molar-refractivity contribution in [3.63, 3.8) is 0 Å². The van der Waals surface area contributed by atoms with E-state index in [2.05, 4.69) is 48.0 Å². The minimum absolute atomic E-state index is 0.304. The molecule has 148 valence electrons. The molecule has 3 atom stereocenters. The van der Waals surface area contributed by atoms with Gasteiger partial charge in [-0.15, -0.1) is 0 Å². The fraction of sp³-hybridized carbons (Fsp3) is 0.455. The number of fused-ring (bicyclic) bond motifs is 2. The second kappa shape index (κ2) is 6.77. The van der Waals surface area contributed by atoms with Crippen molar-refractivity contribution in [3.05, 3.63) is 52.0 Å². The molecule has 0 saturated carbocycles. The molecular formula is C22H25ClN2O2S. The van der Waals surface area contributed by atoms with Gasteiger partial charge in [-0.25, -0.2) is 0 Å². The molecule has 1 aliphatic heterocycles. The fourth-order valence-corrected chi connectivity index (χ4v) is 6.28. The largest absolute Gasteiger partial charge is 0.484 e. The Labute approximate surface area is 174 Å². The number of rotatable bonds is 4. The van der Waals surface area contributed by atoms with Crippen LogP contribution in [-0.4, -0.2) is 42.8 Å². The number of piperidine rings is 1. The first-order valence-electron chi connectivity index (χ1n) is 9.73. The normalized spacial score (nSPS) is 27.1. The quantitative estimate of drug-likeness (QED) is 0.617. The highest BCUT2D eigenvalue weighted by Gasteiger charge is 2.51. The number of benzene rings is 1. The van der Waals surface area contributed by atoms with Gasteiger partial charge in [-0.3, -0.25) is 4.90 Å². The van der Waals surface area contributed by atoms with Crippen LogP contribution in [-0.2, 0) is 23.8 Å². The first-order valence-corrected chi connectivity index (χ1v) is 10.9. The predicted octanol–water partition coefficient (Wildman–Crippen LogP) is 4.69. The minimum Gasteiger partial charge on any atom is -0.484 e. The molecule has 6 heteroatoms. The lowest BCUT2D eigenvalue weighted by Crippen LogP contribution is -2.60. The molecule has 2 aliphatic rings. The van der Waals surface area contributed by atoms with E-state index in [0.717, 1.165) is 28.8 Å². The molecule has 0 radical (unpaired) electrons. The van der Waals surface area contributed by atoms with Gasteiger partial charge in [0.15, 0.2) is 5.06 Å². The van der Waals surface area contributed by atoms with Crippen LogP contribution in [0.2, 0.25) is 4.34 Å². The second-order valence-electron chi connectivity index (χ2n) is 8.16. The number of nitrogens with zero attached hydrogens (tertiary/aromatic N) is 2. The van der Waals surface area contributed by atoms with Crippen LogP contribution in [0.1, 0.15) is 17.5 Å². The van der Waals surface area contributed by atoms with Crippen molar-refractivity contribution in [1.29, 1.82) is 0 Å². The molecule has 1 aliphatic carbocycles. The van der Waals surface area contributed by atoms with E-state index in [1.165, 1.54) is 33.4 Å². The molecule has 3 aromatic rings. The standard InChI is InChI=1S/C22H25ClN2O2S/c1-24-12-15-9-18-22(26-3,16-5-4-6-17(24)21(15)16)10-14(11-25(18)2)13-27-20-8-7-19(23)28-20/h4-8,12,14,18H,9-11,13H2,1-3H3. The van der Waals surface area contributed by atoms with E-state index in [1.807, 2.05) is 19.2 Å². The van der Waals surface area contributed by atoms with Crippen molar-refractivity contribution in [2.45, 2.75) is 24.5 Å². The molecule has 0 amide bonds. The number of thiophene rings is 1. The zero-order valence-electron chi connectivity index (χ0n) is 16.4. The molecule has 5 rings (SSSR count). The van der Waals surface area contributed by atoms with E-state index in [9.17, 15) is 0 Å². The number of methoxy groups -OCH3 is 1. The highest BCUT2D eigenvalue weighted by molar-refractivity contribution is 7.17. The zero-order valence-corrected chi connectivity index (χ0v) is 18.0. The van der Waals surface area contributed by atoms with Gasteiger partial charge in [-0.05, 0) is 49.2 Å². The van der Waals surface area contributed by atoms with Gasteiger partial charge in [-0.1, -0.05) is 35.1 Å². The van der Waals surface area contributed by atoms with Crippen LogP contribution < -0.4 is 4.74 Å². The minimum atomic E-state index is -0.304. The molecule has 4 nitrogen and oxygen atoms in total. The van der Waals surface area contributed by atoms with Crippen LogP contribution in [0.3, 0.4) is 0 Å². The van der Waals surface area contributed by atoms with E-state index in [1.54, 1.807) is 0 Å². The number of aromatic nitrogens is 1. The SMILES string of the molecule is COC12CC(COc3ccc(Cl)s3)CN(C)C1Cc1cn(C)c3cccc2c13. The van der Waals surface area contributed by atoms with Gasteiger partial charge in [0.1, 0.15) is 5.60 Å². The van der Waals surface area contributed by atoms with Gasteiger partial charge in [0.2, 0.25) is 0 Å². The first kappa shape index (κ1) is 18.5. The van der Waals surface area contributed by atoms with E-state index in [0.29, 0.717) is 18.6 Å². The van der Waals surface area contributed by atoms with Crippen molar-refractivity contribution in [2.75, 3.05) is 27.3 Å². The van der Waals surface area contributed by atoms with Gasteiger partial charge in [0.25, 0.3) is 0 Å². The Balaban J connectivity index is 1.51. The summed E-state index contributed by atoms with van der Waals surface area (Å²) in [5.74, 6) is 0.391. The first-order chi connectivity index (χ1) is 13.5. The Kier molecular flexibility index (Phi) is 4.47. The van der Waals surface area contributed by atoms with Crippen molar-refractivity contribution >= 4 is 33.8 Å². The summed E-state index contributed by atoms with van der Waals surface area (Å²) in [5.41, 5.74) is 3.74. The molecule has 1 saturated heterocycles. The Bertz CT molecular complexity index is 1030. The number of likely N-dealkylation sites (N-methyl/N-ethyl adjacent to an activating group) is 1. The maximum absolute atomic E-state index is 6.37. The predicted molar refractivity (Wildman–Crippen MR) is 115 cm³/mol. The Morgan fingerprint density at radius 1 is 1.25 bits per heavy atom.